The van der Waals surface area contributed by atoms with Crippen LogP contribution in [0.2, 0.25) is 0 Å². The highest BCUT2D eigenvalue weighted by Crippen LogP contribution is 2.46. The third-order valence-electron chi connectivity index (χ3n) is 9.43. The largest absolute Gasteiger partial charge is 0.778 e. The lowest BCUT2D eigenvalue weighted by Gasteiger charge is -2.35. The minimum absolute atomic E-state index is 0. The number of carbonyl (C=O) groups is 4. The van der Waals surface area contributed by atoms with Crippen LogP contribution in [0, 0.1) is 5.92 Å². The van der Waals surface area contributed by atoms with Crippen LogP contribution in [-0.2, 0) is 64.9 Å². The van der Waals surface area contributed by atoms with Gasteiger partial charge in [0.2, 0.25) is 17.7 Å². The van der Waals surface area contributed by atoms with Crippen molar-refractivity contribution in [3.8, 4) is 0 Å². The molecule has 334 valence electrons. The summed E-state index contributed by atoms with van der Waals surface area (Å²) in [4.78, 5) is 67.1. The highest BCUT2D eigenvalue weighted by atomic mass is 31.2. The maximum absolute atomic E-state index is 13.8. The normalized spacial score (nSPS) is 17.0. The van der Waals surface area contributed by atoms with Gasteiger partial charge in [0.05, 0.1) is 64.9 Å². The van der Waals surface area contributed by atoms with Gasteiger partial charge in [-0.25, -0.2) is 0 Å². The Morgan fingerprint density at radius 1 is 0.793 bits per heavy atom. The van der Waals surface area contributed by atoms with Crippen LogP contribution >= 0.6 is 7.60 Å². The Hall–Kier alpha value is -2.79. The number of hydrogen-bond acceptors (Lipinski definition) is 13. The summed E-state index contributed by atoms with van der Waals surface area (Å²) in [5.74, 6) is -1.12. The van der Waals surface area contributed by atoms with Crippen LogP contribution in [0.15, 0.2) is 24.3 Å². The topological polar surface area (TPSA) is 203 Å². The standard InChI is InChI=1S/C40H69N4O12P.CH4/c1-6-19-53-22-18-42-40(48)37(44(29-35(45)8-7-20-54-25-23-51-4)30-38(46)41-17-21-55-26-24-52-5)27-32-9-11-33(12-10-32)28-43-39(47)34-13-15-36(16-14-34)56-57(49,50)31(2)3;/h9-12,31,34,36-37H,6-8,13-30H2,1-5H3,(H,41,46)(H,42,48)(H,43,47)(H,49,50);1H4/p-1/t34?,36?,37-;/m1./s1. The molecule has 0 saturated heterocycles. The lowest BCUT2D eigenvalue weighted by molar-refractivity contribution is -0.205. The van der Waals surface area contributed by atoms with Crippen LogP contribution in [-0.4, -0.2) is 139 Å². The molecule has 1 aliphatic carbocycles. The van der Waals surface area contributed by atoms with Gasteiger partial charge in [0.1, 0.15) is 13.4 Å². The zero-order chi connectivity index (χ0) is 41.9. The maximum atomic E-state index is 13.8. The number of benzene rings is 1. The van der Waals surface area contributed by atoms with Crippen molar-refractivity contribution in [2.45, 2.75) is 104 Å². The predicted molar refractivity (Wildman–Crippen MR) is 220 cm³/mol. The molecule has 16 nitrogen and oxygen atoms in total. The number of hydrogen-bond donors (Lipinski definition) is 3. The van der Waals surface area contributed by atoms with Crippen molar-refractivity contribution >= 4 is 31.1 Å². The first kappa shape index (κ1) is 53.2. The summed E-state index contributed by atoms with van der Waals surface area (Å²) in [6.07, 6.45) is 3.47. The van der Waals surface area contributed by atoms with Gasteiger partial charge in [-0.1, -0.05) is 52.5 Å². The molecule has 0 bridgehead atoms. The van der Waals surface area contributed by atoms with E-state index in [1.54, 1.807) is 33.0 Å². The number of Topliss-reactive ketones (excluding diaryl/α,β-unsaturated/α-hetero) is 1. The van der Waals surface area contributed by atoms with Gasteiger partial charge in [0.15, 0.2) is 0 Å². The minimum Gasteiger partial charge on any atom is -0.778 e. The second-order valence-corrected chi connectivity index (χ2v) is 16.8. The number of amides is 3. The number of ether oxygens (including phenoxy) is 5. The molecule has 2 atom stereocenters. The first-order valence-electron chi connectivity index (χ1n) is 20.3. The van der Waals surface area contributed by atoms with Crippen molar-refractivity contribution in [1.29, 1.82) is 0 Å². The van der Waals surface area contributed by atoms with Crippen molar-refractivity contribution in [1.82, 2.24) is 20.9 Å². The first-order valence-corrected chi connectivity index (χ1v) is 21.9. The van der Waals surface area contributed by atoms with Crippen molar-refractivity contribution in [3.05, 3.63) is 35.4 Å². The van der Waals surface area contributed by atoms with Crippen LogP contribution in [0.25, 0.3) is 0 Å². The molecule has 3 amide bonds. The second-order valence-electron chi connectivity index (χ2n) is 14.5. The smallest absolute Gasteiger partial charge is 0.237 e. The molecule has 1 unspecified atom stereocenters. The Morgan fingerprint density at radius 2 is 1.38 bits per heavy atom. The van der Waals surface area contributed by atoms with Gasteiger partial charge in [0, 0.05) is 65.1 Å². The van der Waals surface area contributed by atoms with Gasteiger partial charge < -0.3 is 53.6 Å². The lowest BCUT2D eigenvalue weighted by atomic mass is 9.87. The molecule has 0 spiro atoms. The molecule has 1 aromatic rings. The third kappa shape index (κ3) is 22.5. The number of carbonyl (C=O) groups excluding carboxylic acids is 4. The Bertz CT molecular complexity index is 1310. The van der Waals surface area contributed by atoms with E-state index in [-0.39, 0.29) is 82.5 Å². The maximum Gasteiger partial charge on any atom is 0.237 e. The molecule has 17 heteroatoms. The number of nitrogens with zero attached hydrogens (tertiary/aromatic N) is 1. The molecule has 1 fully saturated rings. The van der Waals surface area contributed by atoms with E-state index in [1.165, 1.54) is 0 Å². The molecule has 0 aliphatic heterocycles. The first-order chi connectivity index (χ1) is 27.4. The van der Waals surface area contributed by atoms with E-state index in [0.29, 0.717) is 84.9 Å². The molecule has 1 aliphatic rings. The van der Waals surface area contributed by atoms with Crippen molar-refractivity contribution in [2.75, 3.05) is 93.3 Å². The third-order valence-corrected chi connectivity index (χ3v) is 11.3. The zero-order valence-electron chi connectivity index (χ0n) is 34.8. The number of nitrogens with one attached hydrogen (secondary N) is 3. The van der Waals surface area contributed by atoms with Crippen LogP contribution in [0.3, 0.4) is 0 Å². The van der Waals surface area contributed by atoms with Gasteiger partial charge in [-0.05, 0) is 56.1 Å². The summed E-state index contributed by atoms with van der Waals surface area (Å²) in [5, 5.41) is 8.75. The van der Waals surface area contributed by atoms with E-state index in [1.807, 2.05) is 31.2 Å². The predicted octanol–water partition coefficient (Wildman–Crippen LogP) is 3.02. The molecular weight excluding hydrogens is 771 g/mol. The Balaban J connectivity index is 0.0000168. The molecule has 58 heavy (non-hydrogen) atoms. The van der Waals surface area contributed by atoms with E-state index < -0.39 is 25.4 Å². The van der Waals surface area contributed by atoms with Gasteiger partial charge in [-0.15, -0.1) is 0 Å². The van der Waals surface area contributed by atoms with E-state index in [4.69, 9.17) is 28.2 Å². The van der Waals surface area contributed by atoms with Crippen molar-refractivity contribution in [3.63, 3.8) is 0 Å². The average molecular weight is 844 g/mol. The Morgan fingerprint density at radius 3 is 1.98 bits per heavy atom. The van der Waals surface area contributed by atoms with Crippen molar-refractivity contribution in [2.24, 2.45) is 5.92 Å². The van der Waals surface area contributed by atoms with Gasteiger partial charge in [-0.3, -0.25) is 24.1 Å². The van der Waals surface area contributed by atoms with E-state index in [0.717, 1.165) is 17.5 Å². The molecule has 1 aromatic carbocycles. The molecule has 0 aromatic heterocycles. The number of methoxy groups -OCH3 is 2. The Labute approximate surface area is 346 Å². The SMILES string of the molecule is C.CCCOCCNC(=O)[C@@H](Cc1ccc(CNC(=O)C2CCC(OP(=O)([O-])C(C)C)CC2)cc1)N(CC(=O)CCCOCCOC)CC(=O)NCCOCCOC. The number of ketones is 1. The van der Waals surface area contributed by atoms with Crippen molar-refractivity contribution < 1.29 is 56.8 Å². The van der Waals surface area contributed by atoms with Crippen LogP contribution < -0.4 is 20.8 Å². The monoisotopic (exact) mass is 843 g/mol. The fourth-order valence-corrected chi connectivity index (χ4v) is 6.92. The molecule has 3 N–H and O–H groups in total. The van der Waals surface area contributed by atoms with Gasteiger partial charge in [0.25, 0.3) is 0 Å². The highest BCUT2D eigenvalue weighted by molar-refractivity contribution is 7.52. The molecule has 2 rings (SSSR count). The molecular formula is C41H72N4O12P-. The van der Waals surface area contributed by atoms with Crippen LogP contribution in [0.4, 0.5) is 0 Å². The summed E-state index contributed by atoms with van der Waals surface area (Å²) in [6, 6.07) is 6.64. The minimum atomic E-state index is -3.92. The summed E-state index contributed by atoms with van der Waals surface area (Å²) in [5.41, 5.74) is 1.07. The molecule has 0 radical (unpaired) electrons. The van der Waals surface area contributed by atoms with Gasteiger partial charge in [-0.2, -0.15) is 0 Å². The van der Waals surface area contributed by atoms with Gasteiger partial charge >= 0.3 is 0 Å². The molecule has 1 saturated carbocycles. The lowest BCUT2D eigenvalue weighted by Crippen LogP contribution is -2.53. The van der Waals surface area contributed by atoms with E-state index in [9.17, 15) is 28.6 Å². The van der Waals surface area contributed by atoms with E-state index in [2.05, 4.69) is 16.0 Å². The second kappa shape index (κ2) is 31.1. The summed E-state index contributed by atoms with van der Waals surface area (Å²) in [6.45, 7) is 8.97. The number of rotatable bonds is 32. The summed E-state index contributed by atoms with van der Waals surface area (Å²) in [7, 11) is -0.757. The van der Waals surface area contributed by atoms with E-state index >= 15 is 0 Å². The fourth-order valence-electron chi connectivity index (χ4n) is 6.05. The van der Waals surface area contributed by atoms with Crippen LogP contribution in [0.5, 0.6) is 0 Å². The zero-order valence-corrected chi connectivity index (χ0v) is 35.7. The summed E-state index contributed by atoms with van der Waals surface area (Å²) < 4.78 is 44.1. The molecule has 0 heterocycles. The fraction of sp³-hybridized carbons (Fsp3) is 0.756. The summed E-state index contributed by atoms with van der Waals surface area (Å²) >= 11 is 0. The van der Waals surface area contributed by atoms with Crippen LogP contribution in [0.1, 0.15) is 84.3 Å². The Kier molecular flexibility index (Phi) is 28.6. The highest BCUT2D eigenvalue weighted by Gasteiger charge is 2.31. The quantitative estimate of drug-likeness (QED) is 0.0707. The average Bonchev–Trinajstić information content (AvgIpc) is 3.18.